The predicted molar refractivity (Wildman–Crippen MR) is 66.3 cm³/mol. The average molecular weight is 274 g/mol. The van der Waals surface area contributed by atoms with Gasteiger partial charge in [-0.1, -0.05) is 0 Å². The third kappa shape index (κ3) is 2.90. The van der Waals surface area contributed by atoms with E-state index in [-0.39, 0.29) is 6.61 Å². The summed E-state index contributed by atoms with van der Waals surface area (Å²) in [4.78, 5) is 24.1. The van der Waals surface area contributed by atoms with Crippen molar-refractivity contribution in [3.05, 3.63) is 0 Å². The molecule has 1 fully saturated rings. The summed E-state index contributed by atoms with van der Waals surface area (Å²) in [6.07, 6.45) is 1.46. The molecule has 0 unspecified atom stereocenters. The number of rotatable bonds is 5. The van der Waals surface area contributed by atoms with Crippen molar-refractivity contribution in [1.29, 1.82) is 0 Å². The van der Waals surface area contributed by atoms with E-state index in [1.54, 1.807) is 21.1 Å². The first-order valence-electron chi connectivity index (χ1n) is 6.36. The first-order chi connectivity index (χ1) is 9.00. The molecule has 0 saturated heterocycles. The van der Waals surface area contributed by atoms with Gasteiger partial charge in [0.2, 0.25) is 0 Å². The Bertz CT molecular complexity index is 324. The Morgan fingerprint density at radius 2 is 1.47 bits per heavy atom. The van der Waals surface area contributed by atoms with Crippen molar-refractivity contribution < 1.29 is 28.5 Å². The maximum atomic E-state index is 12.1. The summed E-state index contributed by atoms with van der Waals surface area (Å²) in [7, 11) is 4.38. The Morgan fingerprint density at radius 3 is 1.84 bits per heavy atom. The fourth-order valence-corrected chi connectivity index (χ4v) is 2.51. The molecular formula is C13H22O6. The first-order valence-corrected chi connectivity index (χ1v) is 6.36. The summed E-state index contributed by atoms with van der Waals surface area (Å²) in [6.45, 7) is 1.94. The largest absolute Gasteiger partial charge is 0.468 e. The van der Waals surface area contributed by atoms with Crippen LogP contribution in [0, 0.1) is 5.41 Å². The highest BCUT2D eigenvalue weighted by Crippen LogP contribution is 2.44. The second-order valence-corrected chi connectivity index (χ2v) is 4.61. The van der Waals surface area contributed by atoms with Gasteiger partial charge in [0, 0.05) is 27.1 Å². The second kappa shape index (κ2) is 6.34. The van der Waals surface area contributed by atoms with Crippen molar-refractivity contribution >= 4 is 11.9 Å². The third-order valence-corrected chi connectivity index (χ3v) is 3.85. The molecule has 6 heteroatoms. The fourth-order valence-electron chi connectivity index (χ4n) is 2.51. The summed E-state index contributed by atoms with van der Waals surface area (Å²) in [5.41, 5.74) is -1.23. The number of esters is 2. The van der Waals surface area contributed by atoms with E-state index in [2.05, 4.69) is 0 Å². The fraction of sp³-hybridized carbons (Fsp3) is 0.846. The molecule has 1 saturated carbocycles. The van der Waals surface area contributed by atoms with Crippen LogP contribution in [0.2, 0.25) is 0 Å². The SMILES string of the molecule is CCOC(=O)C1(C(=O)OC)CCC(OC)(OC)CC1. The molecule has 0 radical (unpaired) electrons. The van der Waals surface area contributed by atoms with Crippen molar-refractivity contribution in [3.8, 4) is 0 Å². The lowest BCUT2D eigenvalue weighted by Crippen LogP contribution is -2.50. The zero-order valence-electron chi connectivity index (χ0n) is 12.0. The Balaban J connectivity index is 2.92. The van der Waals surface area contributed by atoms with Crippen LogP contribution in [0.1, 0.15) is 32.6 Å². The van der Waals surface area contributed by atoms with Gasteiger partial charge in [-0.25, -0.2) is 0 Å². The minimum Gasteiger partial charge on any atom is -0.468 e. The number of ether oxygens (including phenoxy) is 4. The maximum Gasteiger partial charge on any atom is 0.323 e. The van der Waals surface area contributed by atoms with Gasteiger partial charge in [0.15, 0.2) is 11.2 Å². The Labute approximate surface area is 113 Å². The van der Waals surface area contributed by atoms with E-state index in [0.29, 0.717) is 25.7 Å². The van der Waals surface area contributed by atoms with Crippen LogP contribution >= 0.6 is 0 Å². The van der Waals surface area contributed by atoms with Crippen molar-refractivity contribution in [2.24, 2.45) is 5.41 Å². The second-order valence-electron chi connectivity index (χ2n) is 4.61. The molecule has 1 rings (SSSR count). The molecule has 0 spiro atoms. The van der Waals surface area contributed by atoms with Crippen molar-refractivity contribution in [2.45, 2.75) is 38.4 Å². The van der Waals surface area contributed by atoms with E-state index in [1.807, 2.05) is 0 Å². The Hall–Kier alpha value is -1.14. The van der Waals surface area contributed by atoms with Gasteiger partial charge in [0.05, 0.1) is 13.7 Å². The average Bonchev–Trinajstić information content (AvgIpc) is 2.46. The molecule has 1 aliphatic carbocycles. The van der Waals surface area contributed by atoms with E-state index >= 15 is 0 Å². The number of methoxy groups -OCH3 is 3. The molecule has 6 nitrogen and oxygen atoms in total. The van der Waals surface area contributed by atoms with Gasteiger partial charge in [-0.2, -0.15) is 0 Å². The lowest BCUT2D eigenvalue weighted by atomic mass is 9.71. The van der Waals surface area contributed by atoms with Crippen LogP contribution < -0.4 is 0 Å². The van der Waals surface area contributed by atoms with Gasteiger partial charge in [0.1, 0.15) is 0 Å². The van der Waals surface area contributed by atoms with Gasteiger partial charge in [-0.05, 0) is 19.8 Å². The molecular weight excluding hydrogens is 252 g/mol. The monoisotopic (exact) mass is 274 g/mol. The third-order valence-electron chi connectivity index (χ3n) is 3.85. The van der Waals surface area contributed by atoms with Crippen molar-refractivity contribution in [3.63, 3.8) is 0 Å². The molecule has 0 amide bonds. The standard InChI is InChI=1S/C13H22O6/c1-5-19-11(15)12(10(14)16-2)6-8-13(17-3,18-4)9-7-12/h5-9H2,1-4H3. The van der Waals surface area contributed by atoms with E-state index in [1.165, 1.54) is 7.11 Å². The van der Waals surface area contributed by atoms with Crippen LogP contribution in [0.4, 0.5) is 0 Å². The molecule has 0 aromatic rings. The molecule has 0 aromatic heterocycles. The van der Waals surface area contributed by atoms with E-state index in [4.69, 9.17) is 18.9 Å². The first kappa shape index (κ1) is 15.9. The summed E-state index contributed by atoms with van der Waals surface area (Å²) in [5.74, 6) is -1.81. The van der Waals surface area contributed by atoms with Gasteiger partial charge in [-0.3, -0.25) is 9.59 Å². The van der Waals surface area contributed by atoms with E-state index in [9.17, 15) is 9.59 Å². The maximum absolute atomic E-state index is 12.1. The number of carbonyl (C=O) groups excluding carboxylic acids is 2. The summed E-state index contributed by atoms with van der Waals surface area (Å²) in [6, 6.07) is 0. The zero-order chi connectivity index (χ0) is 14.5. The molecule has 0 aliphatic heterocycles. The quantitative estimate of drug-likeness (QED) is 0.427. The number of hydrogen-bond acceptors (Lipinski definition) is 6. The van der Waals surface area contributed by atoms with Crippen molar-refractivity contribution in [2.75, 3.05) is 27.9 Å². The Kier molecular flexibility index (Phi) is 5.31. The molecule has 0 bridgehead atoms. The van der Waals surface area contributed by atoms with Crippen LogP contribution in [0.3, 0.4) is 0 Å². The van der Waals surface area contributed by atoms with Gasteiger partial charge in [-0.15, -0.1) is 0 Å². The molecule has 0 N–H and O–H groups in total. The Morgan fingerprint density at radius 1 is 0.947 bits per heavy atom. The molecule has 0 aromatic carbocycles. The van der Waals surface area contributed by atoms with Crippen LogP contribution in [-0.4, -0.2) is 45.7 Å². The molecule has 0 atom stereocenters. The van der Waals surface area contributed by atoms with Crippen LogP contribution in [0.15, 0.2) is 0 Å². The lowest BCUT2D eigenvalue weighted by Gasteiger charge is -2.41. The minimum absolute atomic E-state index is 0.233. The van der Waals surface area contributed by atoms with E-state index in [0.717, 1.165) is 0 Å². The van der Waals surface area contributed by atoms with Gasteiger partial charge in [0.25, 0.3) is 0 Å². The van der Waals surface area contributed by atoms with E-state index < -0.39 is 23.1 Å². The molecule has 110 valence electrons. The van der Waals surface area contributed by atoms with Crippen LogP contribution in [-0.2, 0) is 28.5 Å². The number of carbonyl (C=O) groups is 2. The van der Waals surface area contributed by atoms with Gasteiger partial charge >= 0.3 is 11.9 Å². The zero-order valence-corrected chi connectivity index (χ0v) is 12.0. The molecule has 0 heterocycles. The van der Waals surface area contributed by atoms with Crippen molar-refractivity contribution in [1.82, 2.24) is 0 Å². The smallest absolute Gasteiger partial charge is 0.323 e. The van der Waals surface area contributed by atoms with Crippen LogP contribution in [0.5, 0.6) is 0 Å². The normalized spacial score (nSPS) is 20.6. The number of hydrogen-bond donors (Lipinski definition) is 0. The summed E-state index contributed by atoms with van der Waals surface area (Å²) >= 11 is 0. The van der Waals surface area contributed by atoms with Crippen LogP contribution in [0.25, 0.3) is 0 Å². The topological polar surface area (TPSA) is 71.1 Å². The minimum atomic E-state index is -1.23. The lowest BCUT2D eigenvalue weighted by molar-refractivity contribution is -0.237. The highest BCUT2D eigenvalue weighted by atomic mass is 16.7. The highest BCUT2D eigenvalue weighted by molar-refractivity contribution is 6.00. The summed E-state index contributed by atoms with van der Waals surface area (Å²) in [5, 5.41) is 0. The highest BCUT2D eigenvalue weighted by Gasteiger charge is 2.54. The van der Waals surface area contributed by atoms with Gasteiger partial charge < -0.3 is 18.9 Å². The molecule has 19 heavy (non-hydrogen) atoms. The predicted octanol–water partition coefficient (Wildman–Crippen LogP) is 1.27. The summed E-state index contributed by atoms with van der Waals surface area (Å²) < 4.78 is 20.5. The molecule has 1 aliphatic rings.